The first-order valence-electron chi connectivity index (χ1n) is 9.55. The highest BCUT2D eigenvalue weighted by Gasteiger charge is 2.29. The van der Waals surface area contributed by atoms with Gasteiger partial charge in [-0.05, 0) is 26.0 Å². The van der Waals surface area contributed by atoms with Crippen LogP contribution in [0.1, 0.15) is 17.1 Å². The Morgan fingerprint density at radius 3 is 2.65 bits per heavy atom. The van der Waals surface area contributed by atoms with Crippen molar-refractivity contribution in [3.63, 3.8) is 0 Å². The van der Waals surface area contributed by atoms with E-state index in [-0.39, 0.29) is 35.4 Å². The molecule has 12 nitrogen and oxygen atoms in total. The third kappa shape index (κ3) is 3.73. The highest BCUT2D eigenvalue weighted by atomic mass is 16.6. The van der Waals surface area contributed by atoms with Gasteiger partial charge in [0.15, 0.2) is 5.76 Å². The Bertz CT molecular complexity index is 1160. The molecule has 0 aliphatic carbocycles. The fourth-order valence-corrected chi connectivity index (χ4v) is 3.60. The Hall–Kier alpha value is -4.14. The number of amides is 1. The second-order valence-electron chi connectivity index (χ2n) is 7.06. The number of piperazine rings is 1. The van der Waals surface area contributed by atoms with Crippen molar-refractivity contribution in [1.29, 1.82) is 5.26 Å². The Kier molecular flexibility index (Phi) is 5.16. The number of nitro groups is 1. The summed E-state index contributed by atoms with van der Waals surface area (Å²) in [4.78, 5) is 31.1. The van der Waals surface area contributed by atoms with Crippen LogP contribution in [0.25, 0.3) is 11.7 Å². The molecule has 4 rings (SSSR count). The lowest BCUT2D eigenvalue weighted by Crippen LogP contribution is -2.49. The van der Waals surface area contributed by atoms with Crippen molar-refractivity contribution in [1.82, 2.24) is 19.7 Å². The van der Waals surface area contributed by atoms with E-state index in [9.17, 15) is 20.2 Å². The molecule has 0 bridgehead atoms. The summed E-state index contributed by atoms with van der Waals surface area (Å²) in [5.41, 5.74) is 0.711. The number of carbonyl (C=O) groups is 1. The Balaban J connectivity index is 1.42. The molecule has 1 saturated heterocycles. The predicted molar refractivity (Wildman–Crippen MR) is 106 cm³/mol. The van der Waals surface area contributed by atoms with Crippen LogP contribution >= 0.6 is 0 Å². The Morgan fingerprint density at radius 1 is 1.32 bits per heavy atom. The van der Waals surface area contributed by atoms with Crippen LogP contribution in [0.15, 0.2) is 27.2 Å². The molecule has 0 N–H and O–H groups in total. The average Bonchev–Trinajstić information content (AvgIpc) is 3.47. The van der Waals surface area contributed by atoms with Crippen LogP contribution in [0.3, 0.4) is 0 Å². The van der Waals surface area contributed by atoms with E-state index in [1.807, 2.05) is 11.0 Å². The molecule has 1 fully saturated rings. The summed E-state index contributed by atoms with van der Waals surface area (Å²) in [5.74, 6) is 0.807. The van der Waals surface area contributed by atoms with Crippen LogP contribution < -0.4 is 4.90 Å². The zero-order valence-electron chi connectivity index (χ0n) is 16.9. The van der Waals surface area contributed by atoms with Crippen LogP contribution in [-0.2, 0) is 11.3 Å². The van der Waals surface area contributed by atoms with Crippen LogP contribution in [0.2, 0.25) is 0 Å². The lowest BCUT2D eigenvalue weighted by Gasteiger charge is -2.34. The minimum Gasteiger partial charge on any atom is -0.459 e. The van der Waals surface area contributed by atoms with E-state index in [0.717, 1.165) is 0 Å². The minimum atomic E-state index is -0.488. The van der Waals surface area contributed by atoms with Crippen molar-refractivity contribution in [2.24, 2.45) is 0 Å². The van der Waals surface area contributed by atoms with Gasteiger partial charge in [0.05, 0.1) is 11.2 Å². The molecule has 31 heavy (non-hydrogen) atoms. The number of aryl methyl sites for hydroxylation is 1. The molecule has 3 aromatic heterocycles. The summed E-state index contributed by atoms with van der Waals surface area (Å²) in [5, 5.41) is 24.7. The quantitative estimate of drug-likeness (QED) is 0.441. The smallest absolute Gasteiger partial charge is 0.312 e. The topological polar surface area (TPSA) is 147 Å². The lowest BCUT2D eigenvalue weighted by molar-refractivity contribution is -0.386. The molecule has 1 amide bonds. The number of hydrogen-bond donors (Lipinski definition) is 0. The largest absolute Gasteiger partial charge is 0.459 e. The molecule has 0 atom stereocenters. The van der Waals surface area contributed by atoms with Crippen LogP contribution in [0.4, 0.5) is 11.6 Å². The first kappa shape index (κ1) is 20.1. The van der Waals surface area contributed by atoms with E-state index in [1.54, 1.807) is 30.9 Å². The van der Waals surface area contributed by atoms with Gasteiger partial charge in [-0.2, -0.15) is 15.3 Å². The number of anilines is 1. The highest BCUT2D eigenvalue weighted by Crippen LogP contribution is 2.29. The van der Waals surface area contributed by atoms with Crippen molar-refractivity contribution >= 4 is 17.5 Å². The first-order chi connectivity index (χ1) is 14.9. The maximum Gasteiger partial charge on any atom is 0.312 e. The van der Waals surface area contributed by atoms with Crippen LogP contribution in [0.5, 0.6) is 0 Å². The molecule has 3 aromatic rings. The first-order valence-corrected chi connectivity index (χ1v) is 9.55. The number of carbonyl (C=O) groups excluding carboxylic acids is 1. The molecule has 4 heterocycles. The van der Waals surface area contributed by atoms with E-state index in [4.69, 9.17) is 8.83 Å². The normalized spacial score (nSPS) is 14.0. The summed E-state index contributed by atoms with van der Waals surface area (Å²) >= 11 is 0. The number of nitrogens with zero attached hydrogens (tertiary/aromatic N) is 7. The predicted octanol–water partition coefficient (Wildman–Crippen LogP) is 1.88. The fraction of sp³-hybridized carbons (Fsp3) is 0.368. The monoisotopic (exact) mass is 425 g/mol. The number of nitriles is 1. The molecule has 0 radical (unpaired) electrons. The Morgan fingerprint density at radius 2 is 2.06 bits per heavy atom. The molecule has 1 aliphatic rings. The zero-order chi connectivity index (χ0) is 22.1. The van der Waals surface area contributed by atoms with Gasteiger partial charge in [0.1, 0.15) is 24.0 Å². The summed E-state index contributed by atoms with van der Waals surface area (Å²) < 4.78 is 12.4. The van der Waals surface area contributed by atoms with Gasteiger partial charge in [-0.1, -0.05) is 0 Å². The molecule has 1 aliphatic heterocycles. The third-order valence-electron chi connectivity index (χ3n) is 5.18. The van der Waals surface area contributed by atoms with E-state index in [2.05, 4.69) is 10.1 Å². The second-order valence-corrected chi connectivity index (χ2v) is 7.06. The van der Waals surface area contributed by atoms with E-state index >= 15 is 0 Å². The highest BCUT2D eigenvalue weighted by molar-refractivity contribution is 5.76. The van der Waals surface area contributed by atoms with Crippen molar-refractivity contribution < 1.29 is 18.6 Å². The van der Waals surface area contributed by atoms with Gasteiger partial charge in [-0.25, -0.2) is 0 Å². The molecular formula is C19H19N7O5. The van der Waals surface area contributed by atoms with Gasteiger partial charge in [0, 0.05) is 26.2 Å². The fourth-order valence-electron chi connectivity index (χ4n) is 3.60. The molecular weight excluding hydrogens is 406 g/mol. The molecule has 0 spiro atoms. The summed E-state index contributed by atoms with van der Waals surface area (Å²) in [6, 6.07) is 5.42. The summed E-state index contributed by atoms with van der Waals surface area (Å²) in [7, 11) is 0. The number of aromatic nitrogens is 3. The van der Waals surface area contributed by atoms with Crippen molar-refractivity contribution in [2.45, 2.75) is 20.4 Å². The third-order valence-corrected chi connectivity index (χ3v) is 5.18. The van der Waals surface area contributed by atoms with Crippen molar-refractivity contribution in [3.8, 4) is 17.7 Å². The summed E-state index contributed by atoms with van der Waals surface area (Å²) in [6.07, 6.45) is 1.49. The minimum absolute atomic E-state index is 0.0701. The van der Waals surface area contributed by atoms with E-state index < -0.39 is 4.92 Å². The number of furan rings is 1. The van der Waals surface area contributed by atoms with E-state index in [1.165, 1.54) is 10.9 Å². The molecule has 0 aromatic carbocycles. The van der Waals surface area contributed by atoms with Gasteiger partial charge in [0.2, 0.25) is 17.5 Å². The lowest BCUT2D eigenvalue weighted by atomic mass is 10.3. The molecule has 0 saturated carbocycles. The van der Waals surface area contributed by atoms with Crippen molar-refractivity contribution in [2.75, 3.05) is 31.1 Å². The van der Waals surface area contributed by atoms with Crippen LogP contribution in [-0.4, -0.2) is 56.7 Å². The van der Waals surface area contributed by atoms with Gasteiger partial charge >= 0.3 is 5.69 Å². The molecule has 160 valence electrons. The number of rotatable bonds is 5. The number of hydrogen-bond acceptors (Lipinski definition) is 9. The van der Waals surface area contributed by atoms with Gasteiger partial charge in [0.25, 0.3) is 5.89 Å². The average molecular weight is 425 g/mol. The second kappa shape index (κ2) is 7.94. The zero-order valence-corrected chi connectivity index (χ0v) is 16.9. The molecule has 0 unspecified atom stereocenters. The van der Waals surface area contributed by atoms with Gasteiger partial charge < -0.3 is 18.6 Å². The van der Waals surface area contributed by atoms with E-state index in [0.29, 0.717) is 43.5 Å². The standard InChI is InChI=1S/C19H19N7O5/c1-12-17(26(28)29)13(2)25(22-12)11-16(27)23-5-7-24(8-6-23)19-14(10-20)21-18(31-19)15-4-3-9-30-15/h3-4,9H,5-8,11H2,1-2H3. The van der Waals surface area contributed by atoms with Gasteiger partial charge in [-0.15, -0.1) is 0 Å². The van der Waals surface area contributed by atoms with Gasteiger partial charge in [-0.3, -0.25) is 19.6 Å². The maximum atomic E-state index is 12.7. The molecule has 12 heteroatoms. The maximum absolute atomic E-state index is 12.7. The van der Waals surface area contributed by atoms with Crippen LogP contribution in [0, 0.1) is 35.3 Å². The SMILES string of the molecule is Cc1nn(CC(=O)N2CCN(c3oc(-c4ccco4)nc3C#N)CC2)c(C)c1[N+](=O)[O-]. The number of oxazole rings is 1. The van der Waals surface area contributed by atoms with Crippen molar-refractivity contribution in [3.05, 3.63) is 45.6 Å². The Labute approximate surface area is 176 Å². The summed E-state index contributed by atoms with van der Waals surface area (Å²) in [6.45, 7) is 4.76.